The van der Waals surface area contributed by atoms with Crippen LogP contribution in [-0.4, -0.2) is 34.8 Å². The second kappa shape index (κ2) is 7.09. The Morgan fingerprint density at radius 2 is 1.92 bits per heavy atom. The summed E-state index contributed by atoms with van der Waals surface area (Å²) in [6.07, 6.45) is 3.39. The van der Waals surface area contributed by atoms with E-state index in [0.29, 0.717) is 37.2 Å². The summed E-state index contributed by atoms with van der Waals surface area (Å²) in [7, 11) is 0. The Balaban J connectivity index is 1.62. The fourth-order valence-corrected chi connectivity index (χ4v) is 3.71. The smallest absolute Gasteiger partial charge is 0.265 e. The molecule has 1 aliphatic heterocycles. The fourth-order valence-electron chi connectivity index (χ4n) is 2.79. The molecule has 2 N–H and O–H groups in total. The maximum absolute atomic E-state index is 12.9. The number of carbonyl (C=O) groups is 2. The van der Waals surface area contributed by atoms with Gasteiger partial charge in [0.15, 0.2) is 0 Å². The molecule has 0 radical (unpaired) electrons. The molecule has 1 fully saturated rings. The summed E-state index contributed by atoms with van der Waals surface area (Å²) in [5.41, 5.74) is 6.26. The molecule has 0 aliphatic carbocycles. The Morgan fingerprint density at radius 1 is 1.25 bits per heavy atom. The van der Waals surface area contributed by atoms with Gasteiger partial charge in [-0.15, -0.1) is 11.3 Å². The van der Waals surface area contributed by atoms with Crippen LogP contribution < -0.4 is 5.73 Å². The maximum Gasteiger partial charge on any atom is 0.265 e. The van der Waals surface area contributed by atoms with E-state index >= 15 is 0 Å². The zero-order valence-corrected chi connectivity index (χ0v) is 13.9. The van der Waals surface area contributed by atoms with Crippen LogP contribution in [0.3, 0.4) is 0 Å². The average molecular weight is 347 g/mol. The number of halogens is 1. The Labute approximate surface area is 143 Å². The lowest BCUT2D eigenvalue weighted by Gasteiger charge is -2.30. The number of hydrogen-bond donors (Lipinski definition) is 1. The van der Waals surface area contributed by atoms with E-state index in [2.05, 4.69) is 4.98 Å². The van der Waals surface area contributed by atoms with Gasteiger partial charge in [0, 0.05) is 25.4 Å². The van der Waals surface area contributed by atoms with E-state index in [1.165, 1.54) is 23.5 Å². The number of thiazole rings is 1. The largest absolute Gasteiger partial charge is 0.369 e. The van der Waals surface area contributed by atoms with E-state index in [1.807, 2.05) is 0 Å². The number of carbonyl (C=O) groups excluding carboxylic acids is 2. The third kappa shape index (κ3) is 3.79. The number of nitrogens with two attached hydrogens (primary N) is 1. The zero-order valence-electron chi connectivity index (χ0n) is 13.1. The van der Waals surface area contributed by atoms with E-state index in [0.717, 1.165) is 10.6 Å². The number of hydrogen-bond acceptors (Lipinski definition) is 4. The molecule has 126 valence electrons. The quantitative estimate of drug-likeness (QED) is 0.921. The summed E-state index contributed by atoms with van der Waals surface area (Å²) >= 11 is 1.35. The molecule has 5 nitrogen and oxygen atoms in total. The molecule has 2 aromatic rings. The molecule has 2 heterocycles. The monoisotopic (exact) mass is 347 g/mol. The highest BCUT2D eigenvalue weighted by molar-refractivity contribution is 7.13. The molecule has 0 saturated carbocycles. The predicted octanol–water partition coefficient (Wildman–Crippen LogP) is 2.21. The molecule has 0 bridgehead atoms. The number of likely N-dealkylation sites (tertiary alicyclic amines) is 1. The molecule has 24 heavy (non-hydrogen) atoms. The average Bonchev–Trinajstić information content (AvgIpc) is 3.05. The van der Waals surface area contributed by atoms with Gasteiger partial charge in [0.1, 0.15) is 10.7 Å². The lowest BCUT2D eigenvalue weighted by Crippen LogP contribution is -2.41. The number of benzene rings is 1. The molecule has 1 aromatic carbocycles. The minimum Gasteiger partial charge on any atom is -0.369 e. The van der Waals surface area contributed by atoms with Gasteiger partial charge in [-0.25, -0.2) is 9.37 Å². The van der Waals surface area contributed by atoms with E-state index in [4.69, 9.17) is 5.73 Å². The van der Waals surface area contributed by atoms with E-state index in [-0.39, 0.29) is 23.5 Å². The standard InChI is InChI=1S/C17H18FN3O2S/c18-13-3-1-11(2-4-13)9-15-20-10-14(24-15)17(23)21-7-5-12(6-8-21)16(19)22/h1-4,10,12H,5-9H2,(H2,19,22). The second-order valence-corrected chi connectivity index (χ2v) is 7.01. The number of aromatic nitrogens is 1. The SMILES string of the molecule is NC(=O)C1CCN(C(=O)c2cnc(Cc3ccc(F)cc3)s2)CC1. The van der Waals surface area contributed by atoms with Crippen molar-refractivity contribution in [1.29, 1.82) is 0 Å². The Morgan fingerprint density at radius 3 is 2.54 bits per heavy atom. The van der Waals surface area contributed by atoms with Crippen LogP contribution in [0.15, 0.2) is 30.5 Å². The summed E-state index contributed by atoms with van der Waals surface area (Å²) in [4.78, 5) is 30.3. The maximum atomic E-state index is 12.9. The summed E-state index contributed by atoms with van der Waals surface area (Å²) in [5.74, 6) is -0.750. The van der Waals surface area contributed by atoms with Crippen molar-refractivity contribution in [1.82, 2.24) is 9.88 Å². The first-order chi connectivity index (χ1) is 11.5. The van der Waals surface area contributed by atoms with Gasteiger partial charge in [0.25, 0.3) is 5.91 Å². The van der Waals surface area contributed by atoms with Crippen LogP contribution in [-0.2, 0) is 11.2 Å². The molecule has 3 rings (SSSR count). The highest BCUT2D eigenvalue weighted by atomic mass is 32.1. The van der Waals surface area contributed by atoms with Crippen LogP contribution in [0.2, 0.25) is 0 Å². The molecular formula is C17H18FN3O2S. The second-order valence-electron chi connectivity index (χ2n) is 5.89. The minimum absolute atomic E-state index is 0.0548. The number of piperidine rings is 1. The summed E-state index contributed by atoms with van der Waals surface area (Å²) in [6.45, 7) is 1.08. The van der Waals surface area contributed by atoms with Crippen molar-refractivity contribution in [2.45, 2.75) is 19.3 Å². The molecule has 0 spiro atoms. The number of rotatable bonds is 4. The third-order valence-electron chi connectivity index (χ3n) is 4.22. The molecule has 1 saturated heterocycles. The van der Waals surface area contributed by atoms with Gasteiger partial charge in [-0.2, -0.15) is 0 Å². The van der Waals surface area contributed by atoms with Gasteiger partial charge in [-0.3, -0.25) is 9.59 Å². The molecule has 2 amide bonds. The van der Waals surface area contributed by atoms with Gasteiger partial charge >= 0.3 is 0 Å². The Hall–Kier alpha value is -2.28. The molecule has 1 aliphatic rings. The molecule has 7 heteroatoms. The molecule has 0 unspecified atom stereocenters. The van der Waals surface area contributed by atoms with Crippen LogP contribution in [0.5, 0.6) is 0 Å². The number of amides is 2. The first-order valence-electron chi connectivity index (χ1n) is 7.80. The van der Waals surface area contributed by atoms with Crippen LogP contribution in [0.4, 0.5) is 4.39 Å². The normalized spacial score (nSPS) is 15.5. The van der Waals surface area contributed by atoms with Gasteiger partial charge in [0.2, 0.25) is 5.91 Å². The van der Waals surface area contributed by atoms with Crippen LogP contribution in [0.1, 0.15) is 33.1 Å². The van der Waals surface area contributed by atoms with Crippen molar-refractivity contribution >= 4 is 23.2 Å². The van der Waals surface area contributed by atoms with Crippen molar-refractivity contribution in [3.05, 3.63) is 51.7 Å². The number of primary amides is 1. The minimum atomic E-state index is -0.290. The summed E-state index contributed by atoms with van der Waals surface area (Å²) in [5, 5.41) is 0.817. The summed E-state index contributed by atoms with van der Waals surface area (Å²) < 4.78 is 12.9. The van der Waals surface area contributed by atoms with Crippen LogP contribution >= 0.6 is 11.3 Å². The lowest BCUT2D eigenvalue weighted by molar-refractivity contribution is -0.123. The first kappa shape index (κ1) is 16.6. The number of nitrogens with zero attached hydrogens (tertiary/aromatic N) is 2. The van der Waals surface area contributed by atoms with Gasteiger partial charge in [-0.1, -0.05) is 12.1 Å². The lowest BCUT2D eigenvalue weighted by atomic mass is 9.96. The van der Waals surface area contributed by atoms with Crippen LogP contribution in [0.25, 0.3) is 0 Å². The molecule has 0 atom stereocenters. The van der Waals surface area contributed by atoms with Crippen LogP contribution in [0, 0.1) is 11.7 Å². The van der Waals surface area contributed by atoms with Crippen molar-refractivity contribution in [3.8, 4) is 0 Å². The van der Waals surface area contributed by atoms with Gasteiger partial charge in [-0.05, 0) is 30.5 Å². The van der Waals surface area contributed by atoms with Gasteiger partial charge in [0.05, 0.1) is 11.2 Å². The topological polar surface area (TPSA) is 76.3 Å². The van der Waals surface area contributed by atoms with E-state index in [9.17, 15) is 14.0 Å². The van der Waals surface area contributed by atoms with Crippen molar-refractivity contribution in [3.63, 3.8) is 0 Å². The first-order valence-corrected chi connectivity index (χ1v) is 8.62. The van der Waals surface area contributed by atoms with Gasteiger partial charge < -0.3 is 10.6 Å². The fraction of sp³-hybridized carbons (Fsp3) is 0.353. The van der Waals surface area contributed by atoms with Crippen molar-refractivity contribution in [2.24, 2.45) is 11.7 Å². The van der Waals surface area contributed by atoms with E-state index < -0.39 is 0 Å². The summed E-state index contributed by atoms with van der Waals surface area (Å²) in [6, 6.07) is 6.26. The third-order valence-corrected chi connectivity index (χ3v) is 5.20. The molecular weight excluding hydrogens is 329 g/mol. The molecule has 1 aromatic heterocycles. The van der Waals surface area contributed by atoms with Crippen molar-refractivity contribution < 1.29 is 14.0 Å². The Bertz CT molecular complexity index is 737. The van der Waals surface area contributed by atoms with Crippen molar-refractivity contribution in [2.75, 3.05) is 13.1 Å². The van der Waals surface area contributed by atoms with E-state index in [1.54, 1.807) is 23.2 Å². The predicted molar refractivity (Wildman–Crippen MR) is 89.1 cm³/mol. The zero-order chi connectivity index (χ0) is 17.1. The highest BCUT2D eigenvalue weighted by Gasteiger charge is 2.27. The highest BCUT2D eigenvalue weighted by Crippen LogP contribution is 2.22. The Kier molecular flexibility index (Phi) is 4.89.